The van der Waals surface area contributed by atoms with Crippen LogP contribution in [0.5, 0.6) is 0 Å². The summed E-state index contributed by atoms with van der Waals surface area (Å²) in [5.41, 5.74) is 0.141. The van der Waals surface area contributed by atoms with Crippen molar-refractivity contribution in [1.29, 1.82) is 0 Å². The first-order valence-corrected chi connectivity index (χ1v) is 6.88. The summed E-state index contributed by atoms with van der Waals surface area (Å²) >= 11 is 0. The van der Waals surface area contributed by atoms with Crippen LogP contribution in [0.1, 0.15) is 0 Å². The Balaban J connectivity index is 1.81. The molecule has 1 aromatic carbocycles. The minimum Gasteiger partial charge on any atom is -0.325 e. The molecule has 0 unspecified atom stereocenters. The fourth-order valence-electron chi connectivity index (χ4n) is 2.34. The highest BCUT2D eigenvalue weighted by atomic mass is 19.1. The van der Waals surface area contributed by atoms with Crippen LogP contribution in [0, 0.1) is 11.6 Å². The van der Waals surface area contributed by atoms with Crippen molar-refractivity contribution in [2.45, 2.75) is 0 Å². The summed E-state index contributed by atoms with van der Waals surface area (Å²) < 4.78 is 26.1. The number of carbonyl (C=O) groups is 1. The van der Waals surface area contributed by atoms with E-state index in [4.69, 9.17) is 0 Å². The number of rotatable bonds is 5. The molecule has 0 spiro atoms. The lowest BCUT2D eigenvalue weighted by molar-refractivity contribution is -0.117. The Kier molecular flexibility index (Phi) is 5.41. The van der Waals surface area contributed by atoms with Gasteiger partial charge in [0.1, 0.15) is 11.6 Å². The Labute approximate surface area is 123 Å². The van der Waals surface area contributed by atoms with Gasteiger partial charge in [-0.1, -0.05) is 6.08 Å². The smallest absolute Gasteiger partial charge is 0.238 e. The van der Waals surface area contributed by atoms with E-state index >= 15 is 0 Å². The summed E-state index contributed by atoms with van der Waals surface area (Å²) in [6.45, 7) is 8.12. The van der Waals surface area contributed by atoms with Gasteiger partial charge in [0.15, 0.2) is 0 Å². The van der Waals surface area contributed by atoms with Crippen LogP contribution < -0.4 is 5.32 Å². The SMILES string of the molecule is C=CCN1CCN(CC(=O)Nc2cc(F)cc(F)c2)CC1. The lowest BCUT2D eigenvalue weighted by Gasteiger charge is -2.33. The van der Waals surface area contributed by atoms with E-state index in [1.165, 1.54) is 0 Å². The minimum absolute atomic E-state index is 0.141. The number of amides is 1. The molecule has 1 N–H and O–H groups in total. The van der Waals surface area contributed by atoms with Crippen LogP contribution in [0.2, 0.25) is 0 Å². The normalized spacial score (nSPS) is 16.7. The molecule has 2 rings (SSSR count). The number of piperazine rings is 1. The van der Waals surface area contributed by atoms with Gasteiger partial charge in [0.25, 0.3) is 0 Å². The van der Waals surface area contributed by atoms with Gasteiger partial charge in [0.05, 0.1) is 6.54 Å². The van der Waals surface area contributed by atoms with E-state index in [-0.39, 0.29) is 18.1 Å². The summed E-state index contributed by atoms with van der Waals surface area (Å²) in [6, 6.07) is 2.97. The van der Waals surface area contributed by atoms with E-state index in [1.807, 2.05) is 11.0 Å². The monoisotopic (exact) mass is 295 g/mol. The van der Waals surface area contributed by atoms with E-state index in [9.17, 15) is 13.6 Å². The van der Waals surface area contributed by atoms with Crippen molar-refractivity contribution >= 4 is 11.6 Å². The third-order valence-electron chi connectivity index (χ3n) is 3.37. The van der Waals surface area contributed by atoms with Gasteiger partial charge in [-0.15, -0.1) is 6.58 Å². The van der Waals surface area contributed by atoms with E-state index in [0.29, 0.717) is 0 Å². The highest BCUT2D eigenvalue weighted by Gasteiger charge is 2.18. The fraction of sp³-hybridized carbons (Fsp3) is 0.400. The first-order valence-electron chi connectivity index (χ1n) is 6.88. The zero-order valence-electron chi connectivity index (χ0n) is 11.8. The van der Waals surface area contributed by atoms with Gasteiger partial charge in [-0.25, -0.2) is 8.78 Å². The molecular weight excluding hydrogens is 276 g/mol. The van der Waals surface area contributed by atoms with Crippen molar-refractivity contribution in [3.63, 3.8) is 0 Å². The summed E-state index contributed by atoms with van der Waals surface area (Å²) in [4.78, 5) is 16.2. The lowest BCUT2D eigenvalue weighted by atomic mass is 10.3. The fourth-order valence-corrected chi connectivity index (χ4v) is 2.34. The molecule has 6 heteroatoms. The average Bonchev–Trinajstić information content (AvgIpc) is 2.40. The van der Waals surface area contributed by atoms with Crippen molar-refractivity contribution < 1.29 is 13.6 Å². The molecule has 1 fully saturated rings. The van der Waals surface area contributed by atoms with Crippen LogP contribution in [0.3, 0.4) is 0 Å². The van der Waals surface area contributed by atoms with Gasteiger partial charge in [-0.2, -0.15) is 0 Å². The number of anilines is 1. The molecule has 1 aliphatic rings. The highest BCUT2D eigenvalue weighted by Crippen LogP contribution is 2.13. The number of nitrogens with zero attached hydrogens (tertiary/aromatic N) is 2. The molecule has 0 aliphatic carbocycles. The van der Waals surface area contributed by atoms with Crippen molar-refractivity contribution in [2.75, 3.05) is 44.6 Å². The zero-order chi connectivity index (χ0) is 15.2. The number of nitrogens with one attached hydrogen (secondary N) is 1. The van der Waals surface area contributed by atoms with E-state index in [2.05, 4.69) is 16.8 Å². The van der Waals surface area contributed by atoms with Crippen LogP contribution >= 0.6 is 0 Å². The van der Waals surface area contributed by atoms with Crippen molar-refractivity contribution in [1.82, 2.24) is 9.80 Å². The van der Waals surface area contributed by atoms with Crippen LogP contribution in [0.15, 0.2) is 30.9 Å². The van der Waals surface area contributed by atoms with Gasteiger partial charge >= 0.3 is 0 Å². The zero-order valence-corrected chi connectivity index (χ0v) is 11.8. The predicted molar refractivity (Wildman–Crippen MR) is 78.1 cm³/mol. The van der Waals surface area contributed by atoms with E-state index < -0.39 is 11.6 Å². The summed E-state index contributed by atoms with van der Waals surface area (Å²) in [6.07, 6.45) is 1.86. The molecule has 0 radical (unpaired) electrons. The third kappa shape index (κ3) is 4.91. The molecule has 21 heavy (non-hydrogen) atoms. The largest absolute Gasteiger partial charge is 0.325 e. The van der Waals surface area contributed by atoms with Gasteiger partial charge in [0, 0.05) is 44.5 Å². The van der Waals surface area contributed by atoms with Crippen LogP contribution in [0.25, 0.3) is 0 Å². The quantitative estimate of drug-likeness (QED) is 0.840. The van der Waals surface area contributed by atoms with Crippen LogP contribution in [-0.4, -0.2) is 55.0 Å². The maximum atomic E-state index is 13.0. The molecular formula is C15H19F2N3O. The summed E-state index contributed by atoms with van der Waals surface area (Å²) in [5, 5.41) is 2.52. The minimum atomic E-state index is -0.705. The van der Waals surface area contributed by atoms with Crippen molar-refractivity contribution in [3.05, 3.63) is 42.5 Å². The van der Waals surface area contributed by atoms with Crippen molar-refractivity contribution in [3.8, 4) is 0 Å². The Morgan fingerprint density at radius 1 is 1.14 bits per heavy atom. The summed E-state index contributed by atoms with van der Waals surface area (Å²) in [7, 11) is 0. The molecule has 1 saturated heterocycles. The second kappa shape index (κ2) is 7.28. The molecule has 4 nitrogen and oxygen atoms in total. The maximum absolute atomic E-state index is 13.0. The first-order chi connectivity index (χ1) is 10.1. The molecule has 0 atom stereocenters. The Bertz CT molecular complexity index is 493. The highest BCUT2D eigenvalue weighted by molar-refractivity contribution is 5.92. The Morgan fingerprint density at radius 3 is 2.29 bits per heavy atom. The van der Waals surface area contributed by atoms with Crippen LogP contribution in [0.4, 0.5) is 14.5 Å². The van der Waals surface area contributed by atoms with Crippen LogP contribution in [-0.2, 0) is 4.79 Å². The van der Waals surface area contributed by atoms with Gasteiger partial charge in [-0.05, 0) is 12.1 Å². The second-order valence-electron chi connectivity index (χ2n) is 5.07. The van der Waals surface area contributed by atoms with E-state index in [1.54, 1.807) is 0 Å². The first kappa shape index (κ1) is 15.6. The molecule has 0 saturated carbocycles. The Morgan fingerprint density at radius 2 is 1.71 bits per heavy atom. The number of benzene rings is 1. The molecule has 114 valence electrons. The van der Waals surface area contributed by atoms with Gasteiger partial charge < -0.3 is 5.32 Å². The molecule has 1 aromatic rings. The molecule has 0 aromatic heterocycles. The standard InChI is InChI=1S/C15H19F2N3O/c1-2-3-19-4-6-20(7-5-19)11-15(21)18-14-9-12(16)8-13(17)10-14/h2,8-10H,1,3-7,11H2,(H,18,21). The Hall–Kier alpha value is -1.79. The average molecular weight is 295 g/mol. The number of hydrogen-bond acceptors (Lipinski definition) is 3. The molecule has 1 aliphatic heterocycles. The number of carbonyl (C=O) groups excluding carboxylic acids is 1. The predicted octanol–water partition coefficient (Wildman–Crippen LogP) is 1.71. The van der Waals surface area contributed by atoms with Crippen molar-refractivity contribution in [2.24, 2.45) is 0 Å². The lowest BCUT2D eigenvalue weighted by Crippen LogP contribution is -2.48. The third-order valence-corrected chi connectivity index (χ3v) is 3.37. The topological polar surface area (TPSA) is 35.6 Å². The number of halogens is 2. The molecule has 0 bridgehead atoms. The maximum Gasteiger partial charge on any atom is 0.238 e. The summed E-state index contributed by atoms with van der Waals surface area (Å²) in [5.74, 6) is -1.68. The second-order valence-corrected chi connectivity index (χ2v) is 5.07. The molecule has 1 amide bonds. The van der Waals surface area contributed by atoms with Gasteiger partial charge in [-0.3, -0.25) is 14.6 Å². The van der Waals surface area contributed by atoms with E-state index in [0.717, 1.165) is 50.9 Å². The number of hydrogen-bond donors (Lipinski definition) is 1. The van der Waals surface area contributed by atoms with Gasteiger partial charge in [0.2, 0.25) is 5.91 Å². The molecule has 1 heterocycles.